The molecule has 2 saturated carbocycles. The van der Waals surface area contributed by atoms with E-state index in [4.69, 9.17) is 0 Å². The third kappa shape index (κ3) is 3.22. The summed E-state index contributed by atoms with van der Waals surface area (Å²) in [5.74, 6) is 2.82. The fourth-order valence-electron chi connectivity index (χ4n) is 4.32. The van der Waals surface area contributed by atoms with E-state index >= 15 is 0 Å². The molecule has 2 fully saturated rings. The van der Waals surface area contributed by atoms with Crippen molar-refractivity contribution >= 4 is 0 Å². The van der Waals surface area contributed by atoms with Gasteiger partial charge >= 0.3 is 0 Å². The Morgan fingerprint density at radius 3 is 2.60 bits per heavy atom. The van der Waals surface area contributed by atoms with E-state index < -0.39 is 0 Å². The Kier molecular flexibility index (Phi) is 4.71. The van der Waals surface area contributed by atoms with Crippen LogP contribution in [0.15, 0.2) is 6.33 Å². The van der Waals surface area contributed by atoms with E-state index in [1.165, 1.54) is 57.8 Å². The molecular formula is C16H28N4. The van der Waals surface area contributed by atoms with Crippen LogP contribution in [0.4, 0.5) is 0 Å². The first kappa shape index (κ1) is 14.1. The third-order valence-electron chi connectivity index (χ3n) is 5.38. The maximum atomic E-state index is 4.29. The quantitative estimate of drug-likeness (QED) is 0.883. The van der Waals surface area contributed by atoms with Gasteiger partial charge in [-0.1, -0.05) is 44.9 Å². The van der Waals surface area contributed by atoms with Gasteiger partial charge in [0.2, 0.25) is 0 Å². The molecule has 2 aliphatic rings. The highest BCUT2D eigenvalue weighted by molar-refractivity contribution is 4.94. The summed E-state index contributed by atoms with van der Waals surface area (Å²) in [7, 11) is 0. The molecule has 3 atom stereocenters. The zero-order chi connectivity index (χ0) is 13.8. The van der Waals surface area contributed by atoms with E-state index in [1.54, 1.807) is 6.33 Å². The minimum Gasteiger partial charge on any atom is -0.304 e. The second-order valence-corrected chi connectivity index (χ2v) is 6.71. The van der Waals surface area contributed by atoms with Crippen LogP contribution in [-0.2, 0) is 0 Å². The maximum Gasteiger partial charge on any atom is 0.141 e. The predicted octanol–water partition coefficient (Wildman–Crippen LogP) is 3.59. The molecule has 112 valence electrons. The van der Waals surface area contributed by atoms with Gasteiger partial charge in [0.25, 0.3) is 0 Å². The average molecular weight is 276 g/mol. The van der Waals surface area contributed by atoms with Gasteiger partial charge in [-0.2, -0.15) is 5.10 Å². The van der Waals surface area contributed by atoms with Crippen LogP contribution < -0.4 is 5.32 Å². The highest BCUT2D eigenvalue weighted by Crippen LogP contribution is 2.38. The number of nitrogens with one attached hydrogen (secondary N) is 2. The van der Waals surface area contributed by atoms with Crippen molar-refractivity contribution in [1.29, 1.82) is 0 Å². The van der Waals surface area contributed by atoms with Crippen LogP contribution >= 0.6 is 0 Å². The molecule has 1 heterocycles. The number of aromatic amines is 1. The molecule has 1 aromatic heterocycles. The van der Waals surface area contributed by atoms with Crippen LogP contribution in [0.25, 0.3) is 0 Å². The van der Waals surface area contributed by atoms with E-state index in [0.717, 1.165) is 17.7 Å². The summed E-state index contributed by atoms with van der Waals surface area (Å²) in [6.45, 7) is 2.20. The van der Waals surface area contributed by atoms with Crippen LogP contribution in [0.2, 0.25) is 0 Å². The second kappa shape index (κ2) is 6.70. The first-order chi connectivity index (χ1) is 9.84. The summed E-state index contributed by atoms with van der Waals surface area (Å²) >= 11 is 0. The average Bonchev–Trinajstić information content (AvgIpc) is 3.03. The highest BCUT2D eigenvalue weighted by Gasteiger charge is 2.33. The summed E-state index contributed by atoms with van der Waals surface area (Å²) < 4.78 is 0. The lowest BCUT2D eigenvalue weighted by Crippen LogP contribution is -2.43. The normalized spacial score (nSPS) is 30.2. The number of hydrogen-bond donors (Lipinski definition) is 2. The molecule has 3 rings (SSSR count). The van der Waals surface area contributed by atoms with E-state index in [2.05, 4.69) is 27.4 Å². The molecule has 0 spiro atoms. The van der Waals surface area contributed by atoms with Crippen molar-refractivity contribution in [2.24, 2.45) is 11.8 Å². The molecule has 0 bridgehead atoms. The van der Waals surface area contributed by atoms with E-state index in [-0.39, 0.29) is 6.04 Å². The molecule has 0 aromatic carbocycles. The predicted molar refractivity (Wildman–Crippen MR) is 80.3 cm³/mol. The smallest absolute Gasteiger partial charge is 0.141 e. The van der Waals surface area contributed by atoms with Gasteiger partial charge < -0.3 is 5.32 Å². The minimum atomic E-state index is 0.284. The Morgan fingerprint density at radius 2 is 1.85 bits per heavy atom. The van der Waals surface area contributed by atoms with Crippen molar-refractivity contribution in [2.45, 2.75) is 76.8 Å². The van der Waals surface area contributed by atoms with Crippen LogP contribution in [0.1, 0.15) is 76.6 Å². The molecular weight excluding hydrogens is 248 g/mol. The minimum absolute atomic E-state index is 0.284. The first-order valence-electron chi connectivity index (χ1n) is 8.46. The number of H-pyrrole nitrogens is 1. The van der Waals surface area contributed by atoms with Crippen LogP contribution in [-0.4, -0.2) is 21.2 Å². The number of nitrogens with zero attached hydrogens (tertiary/aromatic N) is 2. The zero-order valence-corrected chi connectivity index (χ0v) is 12.6. The van der Waals surface area contributed by atoms with Crippen LogP contribution in [0.5, 0.6) is 0 Å². The van der Waals surface area contributed by atoms with Gasteiger partial charge in [-0.25, -0.2) is 4.98 Å². The lowest BCUT2D eigenvalue weighted by molar-refractivity contribution is 0.142. The molecule has 0 amide bonds. The molecule has 4 heteroatoms. The highest BCUT2D eigenvalue weighted by atomic mass is 15.2. The Hall–Kier alpha value is -0.900. The Bertz CT molecular complexity index is 383. The summed E-state index contributed by atoms with van der Waals surface area (Å²) in [4.78, 5) is 4.29. The molecule has 20 heavy (non-hydrogen) atoms. The summed E-state index contributed by atoms with van der Waals surface area (Å²) in [5.41, 5.74) is 0. The largest absolute Gasteiger partial charge is 0.304 e. The summed E-state index contributed by atoms with van der Waals surface area (Å²) in [6.07, 6.45) is 14.4. The molecule has 0 saturated heterocycles. The number of aromatic nitrogens is 3. The van der Waals surface area contributed by atoms with Gasteiger partial charge in [-0.3, -0.25) is 5.10 Å². The van der Waals surface area contributed by atoms with Gasteiger partial charge in [0, 0.05) is 6.04 Å². The number of rotatable bonds is 4. The monoisotopic (exact) mass is 276 g/mol. The molecule has 2 N–H and O–H groups in total. The molecule has 0 radical (unpaired) electrons. The molecule has 0 aliphatic heterocycles. The molecule has 1 aromatic rings. The fraction of sp³-hybridized carbons (Fsp3) is 0.875. The van der Waals surface area contributed by atoms with Crippen molar-refractivity contribution < 1.29 is 0 Å². The SMILES string of the molecule is CC(NC1CCCCC1C1CCCCC1)c1ncn[nH]1. The van der Waals surface area contributed by atoms with E-state index in [1.807, 2.05) is 0 Å². The molecule has 2 aliphatic carbocycles. The maximum absolute atomic E-state index is 4.29. The van der Waals surface area contributed by atoms with Crippen LogP contribution in [0.3, 0.4) is 0 Å². The fourth-order valence-corrected chi connectivity index (χ4v) is 4.32. The Balaban J connectivity index is 1.62. The van der Waals surface area contributed by atoms with Gasteiger partial charge in [-0.15, -0.1) is 0 Å². The van der Waals surface area contributed by atoms with Crippen molar-refractivity contribution in [3.63, 3.8) is 0 Å². The number of hydrogen-bond acceptors (Lipinski definition) is 3. The van der Waals surface area contributed by atoms with Crippen molar-refractivity contribution in [1.82, 2.24) is 20.5 Å². The summed E-state index contributed by atoms with van der Waals surface area (Å²) in [5, 5.41) is 10.8. The Morgan fingerprint density at radius 1 is 1.10 bits per heavy atom. The Labute approximate surface area is 122 Å². The lowest BCUT2D eigenvalue weighted by atomic mass is 9.71. The van der Waals surface area contributed by atoms with Crippen molar-refractivity contribution in [2.75, 3.05) is 0 Å². The molecule has 4 nitrogen and oxygen atoms in total. The van der Waals surface area contributed by atoms with Gasteiger partial charge in [0.05, 0.1) is 6.04 Å². The molecule has 3 unspecified atom stereocenters. The van der Waals surface area contributed by atoms with Gasteiger partial charge in [0.15, 0.2) is 0 Å². The van der Waals surface area contributed by atoms with Crippen molar-refractivity contribution in [3.05, 3.63) is 12.2 Å². The van der Waals surface area contributed by atoms with E-state index in [9.17, 15) is 0 Å². The first-order valence-corrected chi connectivity index (χ1v) is 8.46. The standard InChI is InChI=1S/C16H28N4/c1-12(16-17-11-18-20-16)19-15-10-6-5-9-14(15)13-7-3-2-4-8-13/h11-15,19H,2-10H2,1H3,(H,17,18,20). The topological polar surface area (TPSA) is 53.6 Å². The van der Waals surface area contributed by atoms with E-state index in [0.29, 0.717) is 6.04 Å². The second-order valence-electron chi connectivity index (χ2n) is 6.71. The van der Waals surface area contributed by atoms with Gasteiger partial charge in [0.1, 0.15) is 12.2 Å². The summed E-state index contributed by atoms with van der Waals surface area (Å²) in [6, 6.07) is 0.957. The third-order valence-corrected chi connectivity index (χ3v) is 5.38. The van der Waals surface area contributed by atoms with Crippen LogP contribution in [0, 0.1) is 11.8 Å². The zero-order valence-electron chi connectivity index (χ0n) is 12.6. The lowest BCUT2D eigenvalue weighted by Gasteiger charge is -2.40. The van der Waals surface area contributed by atoms with Gasteiger partial charge in [-0.05, 0) is 31.6 Å². The van der Waals surface area contributed by atoms with Crippen molar-refractivity contribution in [3.8, 4) is 0 Å².